The monoisotopic (exact) mass is 370 g/mol. The van der Waals surface area contributed by atoms with E-state index in [0.717, 1.165) is 38.0 Å². The van der Waals surface area contributed by atoms with Crippen molar-refractivity contribution in [2.45, 2.75) is 69.2 Å². The molecule has 4 heteroatoms. The zero-order valence-electron chi connectivity index (χ0n) is 16.6. The molecule has 0 spiro atoms. The second-order valence-electron chi connectivity index (χ2n) is 9.13. The number of carbonyl (C=O) groups excluding carboxylic acids is 1. The Morgan fingerprint density at radius 2 is 1.89 bits per heavy atom. The molecular formula is C23H34N2O2. The van der Waals surface area contributed by atoms with Crippen molar-refractivity contribution >= 4 is 5.91 Å². The number of benzene rings is 1. The van der Waals surface area contributed by atoms with Gasteiger partial charge in [0.05, 0.1) is 7.11 Å². The molecule has 1 aromatic carbocycles. The number of ether oxygens (including phenoxy) is 1. The van der Waals surface area contributed by atoms with Gasteiger partial charge in [-0.3, -0.25) is 4.79 Å². The highest BCUT2D eigenvalue weighted by Gasteiger charge is 2.41. The largest absolute Gasteiger partial charge is 0.497 e. The maximum Gasteiger partial charge on any atom is 0.223 e. The van der Waals surface area contributed by atoms with E-state index < -0.39 is 0 Å². The van der Waals surface area contributed by atoms with Crippen LogP contribution in [0.3, 0.4) is 0 Å². The third-order valence-corrected chi connectivity index (χ3v) is 7.63. The molecule has 3 fully saturated rings. The lowest BCUT2D eigenvalue weighted by Gasteiger charge is -2.43. The van der Waals surface area contributed by atoms with Crippen molar-refractivity contribution in [2.24, 2.45) is 23.5 Å². The van der Waals surface area contributed by atoms with Crippen LogP contribution in [-0.2, 0) is 10.2 Å². The van der Waals surface area contributed by atoms with E-state index >= 15 is 0 Å². The summed E-state index contributed by atoms with van der Waals surface area (Å²) in [7, 11) is 1.72. The van der Waals surface area contributed by atoms with Crippen molar-refractivity contribution in [2.75, 3.05) is 13.7 Å². The Morgan fingerprint density at radius 1 is 1.19 bits per heavy atom. The van der Waals surface area contributed by atoms with E-state index in [0.29, 0.717) is 17.9 Å². The van der Waals surface area contributed by atoms with E-state index in [4.69, 9.17) is 10.5 Å². The Labute approximate surface area is 163 Å². The Kier molecular flexibility index (Phi) is 5.45. The van der Waals surface area contributed by atoms with Crippen LogP contribution in [0.5, 0.6) is 5.75 Å². The highest BCUT2D eigenvalue weighted by Crippen LogP contribution is 2.43. The summed E-state index contributed by atoms with van der Waals surface area (Å²) in [6.07, 6.45) is 10.4. The molecule has 1 amide bonds. The lowest BCUT2D eigenvalue weighted by molar-refractivity contribution is -0.128. The number of amides is 1. The van der Waals surface area contributed by atoms with Crippen LogP contribution in [0.1, 0.15) is 63.4 Å². The van der Waals surface area contributed by atoms with Gasteiger partial charge in [-0.1, -0.05) is 31.4 Å². The molecule has 3 aliphatic carbocycles. The molecule has 3 saturated carbocycles. The summed E-state index contributed by atoms with van der Waals surface area (Å²) in [5.41, 5.74) is 7.77. The van der Waals surface area contributed by atoms with E-state index in [1.54, 1.807) is 7.11 Å². The van der Waals surface area contributed by atoms with Gasteiger partial charge in [0.1, 0.15) is 5.75 Å². The first-order valence-corrected chi connectivity index (χ1v) is 10.8. The topological polar surface area (TPSA) is 64.3 Å². The Bertz CT molecular complexity index is 654. The molecule has 0 saturated heterocycles. The summed E-state index contributed by atoms with van der Waals surface area (Å²) in [6.45, 7) is 0.747. The molecule has 3 N–H and O–H groups in total. The number of rotatable bonds is 5. The summed E-state index contributed by atoms with van der Waals surface area (Å²) in [5, 5.41) is 3.35. The van der Waals surface area contributed by atoms with E-state index in [1.807, 2.05) is 6.07 Å². The molecule has 0 aromatic heterocycles. The molecule has 3 aliphatic rings. The molecule has 4 rings (SSSR count). The van der Waals surface area contributed by atoms with Crippen LogP contribution >= 0.6 is 0 Å². The van der Waals surface area contributed by atoms with E-state index in [1.165, 1.54) is 37.7 Å². The van der Waals surface area contributed by atoms with Crippen molar-refractivity contribution in [3.05, 3.63) is 29.8 Å². The second kappa shape index (κ2) is 7.83. The molecule has 4 nitrogen and oxygen atoms in total. The third-order valence-electron chi connectivity index (χ3n) is 7.63. The fourth-order valence-corrected chi connectivity index (χ4v) is 5.98. The number of nitrogens with one attached hydrogen (secondary N) is 1. The number of hydrogen-bond acceptors (Lipinski definition) is 3. The molecule has 0 heterocycles. The smallest absolute Gasteiger partial charge is 0.223 e. The van der Waals surface area contributed by atoms with Crippen LogP contribution in [0.2, 0.25) is 0 Å². The van der Waals surface area contributed by atoms with Crippen LogP contribution in [0.15, 0.2) is 24.3 Å². The molecule has 148 valence electrons. The predicted molar refractivity (Wildman–Crippen MR) is 108 cm³/mol. The van der Waals surface area contributed by atoms with Crippen molar-refractivity contribution in [3.63, 3.8) is 0 Å². The fraction of sp³-hybridized carbons (Fsp3) is 0.696. The van der Waals surface area contributed by atoms with Gasteiger partial charge in [-0.2, -0.15) is 0 Å². The van der Waals surface area contributed by atoms with Gasteiger partial charge in [0.25, 0.3) is 0 Å². The summed E-state index contributed by atoms with van der Waals surface area (Å²) in [6, 6.07) is 8.74. The minimum atomic E-state index is 0.0607. The molecule has 0 aliphatic heterocycles. The summed E-state index contributed by atoms with van der Waals surface area (Å²) in [4.78, 5) is 13.0. The van der Waals surface area contributed by atoms with Gasteiger partial charge >= 0.3 is 0 Å². The minimum absolute atomic E-state index is 0.0607. The number of carbonyl (C=O) groups is 1. The first-order chi connectivity index (χ1) is 13.1. The van der Waals surface area contributed by atoms with Gasteiger partial charge in [0.15, 0.2) is 0 Å². The normalized spacial score (nSPS) is 32.1. The van der Waals surface area contributed by atoms with Gasteiger partial charge in [0, 0.05) is 23.9 Å². The molecular weight excluding hydrogens is 336 g/mol. The molecule has 0 radical (unpaired) electrons. The van der Waals surface area contributed by atoms with E-state index in [9.17, 15) is 4.79 Å². The van der Waals surface area contributed by atoms with Gasteiger partial charge < -0.3 is 15.8 Å². The van der Waals surface area contributed by atoms with E-state index in [2.05, 4.69) is 23.5 Å². The summed E-state index contributed by atoms with van der Waals surface area (Å²) < 4.78 is 5.43. The number of fused-ring (bicyclic) bond motifs is 2. The number of nitrogens with two attached hydrogens (primary N) is 1. The van der Waals surface area contributed by atoms with Crippen LogP contribution in [0.25, 0.3) is 0 Å². The first kappa shape index (κ1) is 18.8. The van der Waals surface area contributed by atoms with Gasteiger partial charge in [0.2, 0.25) is 5.91 Å². The zero-order chi connectivity index (χ0) is 18.9. The second-order valence-corrected chi connectivity index (χ2v) is 9.13. The lowest BCUT2D eigenvalue weighted by atomic mass is 9.65. The zero-order valence-corrected chi connectivity index (χ0v) is 16.6. The van der Waals surface area contributed by atoms with E-state index in [-0.39, 0.29) is 17.2 Å². The SMILES string of the molecule is COc1cccc(C2(CNC(=O)C3CC4CCCC(C3)C4N)CCCC2)c1. The highest BCUT2D eigenvalue weighted by molar-refractivity contribution is 5.79. The standard InChI is InChI=1S/C23H34N2O2/c1-27-20-9-5-8-19(14-20)23(10-2-3-11-23)15-25-22(26)18-12-16-6-4-7-17(13-18)21(16)24/h5,8-9,14,16-18,21H,2-4,6-7,10-13,15,24H2,1H3,(H,25,26). The highest BCUT2D eigenvalue weighted by atomic mass is 16.5. The molecule has 2 unspecified atom stereocenters. The summed E-state index contributed by atoms with van der Waals surface area (Å²) >= 11 is 0. The fourth-order valence-electron chi connectivity index (χ4n) is 5.98. The van der Waals surface area contributed by atoms with Crippen molar-refractivity contribution in [1.82, 2.24) is 5.32 Å². The molecule has 27 heavy (non-hydrogen) atoms. The number of hydrogen-bond donors (Lipinski definition) is 2. The van der Waals surface area contributed by atoms with Crippen molar-refractivity contribution in [1.29, 1.82) is 0 Å². The third kappa shape index (κ3) is 3.73. The van der Waals surface area contributed by atoms with Crippen LogP contribution in [-0.4, -0.2) is 25.6 Å². The molecule has 2 atom stereocenters. The van der Waals surface area contributed by atoms with Crippen LogP contribution in [0, 0.1) is 17.8 Å². The quantitative estimate of drug-likeness (QED) is 0.829. The summed E-state index contributed by atoms with van der Waals surface area (Å²) in [5.74, 6) is 2.41. The van der Waals surface area contributed by atoms with Crippen molar-refractivity contribution in [3.8, 4) is 5.75 Å². The Hall–Kier alpha value is -1.55. The predicted octanol–water partition coefficient (Wildman–Crippen LogP) is 3.78. The first-order valence-electron chi connectivity index (χ1n) is 10.8. The molecule has 2 bridgehead atoms. The Morgan fingerprint density at radius 3 is 2.56 bits per heavy atom. The average molecular weight is 371 g/mol. The van der Waals surface area contributed by atoms with Gasteiger partial charge in [-0.25, -0.2) is 0 Å². The minimum Gasteiger partial charge on any atom is -0.497 e. The van der Waals surface area contributed by atoms with Gasteiger partial charge in [-0.05, 0) is 68.1 Å². The maximum atomic E-state index is 13.0. The Balaban J connectivity index is 1.43. The van der Waals surface area contributed by atoms with Crippen molar-refractivity contribution < 1.29 is 9.53 Å². The van der Waals surface area contributed by atoms with Gasteiger partial charge in [-0.15, -0.1) is 0 Å². The van der Waals surface area contributed by atoms with Crippen LogP contribution < -0.4 is 15.8 Å². The lowest BCUT2D eigenvalue weighted by Crippen LogP contribution is -2.50. The van der Waals surface area contributed by atoms with Crippen LogP contribution in [0.4, 0.5) is 0 Å². The average Bonchev–Trinajstić information content (AvgIpc) is 3.16. The maximum absolute atomic E-state index is 13.0. The number of methoxy groups -OCH3 is 1. The molecule has 1 aromatic rings.